The van der Waals surface area contributed by atoms with Crippen molar-refractivity contribution in [2.24, 2.45) is 0 Å². The standard InChI is InChI=1S/C10H10N4O3S/c1-5-8(10(15)16)9(13-6(2)12-5)18-3-7-11-4-17-14-7/h4H,3H2,1-2H3,(H,15,16). The van der Waals surface area contributed by atoms with Gasteiger partial charge in [-0.25, -0.2) is 14.8 Å². The molecule has 0 saturated carbocycles. The molecule has 18 heavy (non-hydrogen) atoms. The number of carboxylic acid groups (broad SMARTS) is 1. The molecule has 0 aliphatic carbocycles. The van der Waals surface area contributed by atoms with Crippen LogP contribution >= 0.6 is 11.8 Å². The van der Waals surface area contributed by atoms with Crippen molar-refractivity contribution in [2.45, 2.75) is 24.6 Å². The van der Waals surface area contributed by atoms with Crippen molar-refractivity contribution in [3.05, 3.63) is 29.3 Å². The van der Waals surface area contributed by atoms with Gasteiger partial charge < -0.3 is 9.63 Å². The minimum Gasteiger partial charge on any atom is -0.478 e. The van der Waals surface area contributed by atoms with E-state index in [9.17, 15) is 4.79 Å². The Bertz CT molecular complexity index is 571. The van der Waals surface area contributed by atoms with Crippen molar-refractivity contribution >= 4 is 17.7 Å². The van der Waals surface area contributed by atoms with Crippen molar-refractivity contribution in [2.75, 3.05) is 0 Å². The zero-order chi connectivity index (χ0) is 13.1. The third-order valence-electron chi connectivity index (χ3n) is 2.13. The van der Waals surface area contributed by atoms with E-state index in [1.807, 2.05) is 0 Å². The molecular weight excluding hydrogens is 256 g/mol. The summed E-state index contributed by atoms with van der Waals surface area (Å²) in [7, 11) is 0. The fourth-order valence-corrected chi connectivity index (χ4v) is 2.39. The maximum Gasteiger partial charge on any atom is 0.340 e. The molecule has 1 N–H and O–H groups in total. The monoisotopic (exact) mass is 266 g/mol. The van der Waals surface area contributed by atoms with E-state index in [-0.39, 0.29) is 5.56 Å². The lowest BCUT2D eigenvalue weighted by molar-refractivity contribution is 0.0690. The Hall–Kier alpha value is -1.96. The van der Waals surface area contributed by atoms with Crippen LogP contribution in [0.3, 0.4) is 0 Å². The van der Waals surface area contributed by atoms with Crippen LogP contribution in [0.2, 0.25) is 0 Å². The van der Waals surface area contributed by atoms with Crippen molar-refractivity contribution in [3.63, 3.8) is 0 Å². The van der Waals surface area contributed by atoms with Gasteiger partial charge in [-0.15, -0.1) is 0 Å². The zero-order valence-electron chi connectivity index (χ0n) is 9.75. The molecule has 0 amide bonds. The van der Waals surface area contributed by atoms with Gasteiger partial charge >= 0.3 is 5.97 Å². The van der Waals surface area contributed by atoms with Crippen LogP contribution in [0, 0.1) is 13.8 Å². The molecule has 0 aliphatic heterocycles. The maximum absolute atomic E-state index is 11.2. The minimum atomic E-state index is -1.04. The molecule has 0 atom stereocenters. The van der Waals surface area contributed by atoms with Crippen molar-refractivity contribution in [1.82, 2.24) is 20.1 Å². The molecule has 8 heteroatoms. The first kappa shape index (κ1) is 12.5. The molecule has 0 unspecified atom stereocenters. The highest BCUT2D eigenvalue weighted by atomic mass is 32.2. The summed E-state index contributed by atoms with van der Waals surface area (Å²) in [6.45, 7) is 3.37. The number of rotatable bonds is 4. The van der Waals surface area contributed by atoms with E-state index < -0.39 is 5.97 Å². The molecule has 0 aromatic carbocycles. The predicted molar refractivity (Wildman–Crippen MR) is 62.3 cm³/mol. The first-order valence-electron chi connectivity index (χ1n) is 5.04. The smallest absolute Gasteiger partial charge is 0.340 e. The second-order valence-corrected chi connectivity index (χ2v) is 4.44. The lowest BCUT2D eigenvalue weighted by Crippen LogP contribution is -2.08. The average molecular weight is 266 g/mol. The van der Waals surface area contributed by atoms with E-state index in [2.05, 4.69) is 24.6 Å². The summed E-state index contributed by atoms with van der Waals surface area (Å²) in [5.74, 6) is 0.383. The fourth-order valence-electron chi connectivity index (χ4n) is 1.42. The summed E-state index contributed by atoms with van der Waals surface area (Å²) in [6, 6.07) is 0. The average Bonchev–Trinajstić information content (AvgIpc) is 2.77. The molecule has 0 aliphatic rings. The number of nitrogens with zero attached hydrogens (tertiary/aromatic N) is 4. The predicted octanol–water partition coefficient (Wildman–Crippen LogP) is 1.47. The number of thioether (sulfide) groups is 1. The van der Waals surface area contributed by atoms with Crippen LogP contribution in [0.4, 0.5) is 0 Å². The minimum absolute atomic E-state index is 0.120. The Balaban J connectivity index is 2.28. The topological polar surface area (TPSA) is 102 Å². The summed E-state index contributed by atoms with van der Waals surface area (Å²) in [4.78, 5) is 23.2. The molecule has 0 radical (unpaired) electrons. The molecule has 0 bridgehead atoms. The Kier molecular flexibility index (Phi) is 3.56. The Labute approximate surface area is 107 Å². The summed E-state index contributed by atoms with van der Waals surface area (Å²) < 4.78 is 4.60. The number of carboxylic acids is 1. The van der Waals surface area contributed by atoms with E-state index in [4.69, 9.17) is 5.11 Å². The van der Waals surface area contributed by atoms with E-state index in [1.54, 1.807) is 13.8 Å². The molecule has 0 fully saturated rings. The summed E-state index contributed by atoms with van der Waals surface area (Å²) in [5.41, 5.74) is 0.569. The van der Waals surface area contributed by atoms with Crippen molar-refractivity contribution in [1.29, 1.82) is 0 Å². The fraction of sp³-hybridized carbons (Fsp3) is 0.300. The Morgan fingerprint density at radius 1 is 1.44 bits per heavy atom. The molecule has 0 spiro atoms. The molecule has 7 nitrogen and oxygen atoms in total. The molecule has 2 heterocycles. The molecule has 0 saturated heterocycles. The third-order valence-corrected chi connectivity index (χ3v) is 3.10. The van der Waals surface area contributed by atoms with E-state index in [0.29, 0.717) is 28.1 Å². The van der Waals surface area contributed by atoms with Gasteiger partial charge in [-0.2, -0.15) is 4.98 Å². The van der Waals surface area contributed by atoms with E-state index in [0.717, 1.165) is 0 Å². The van der Waals surface area contributed by atoms with Gasteiger partial charge in [-0.3, -0.25) is 0 Å². The second-order valence-electron chi connectivity index (χ2n) is 3.48. The normalized spacial score (nSPS) is 10.6. The van der Waals surface area contributed by atoms with Gasteiger partial charge in [0.2, 0.25) is 6.39 Å². The number of hydrogen-bond donors (Lipinski definition) is 1. The Morgan fingerprint density at radius 3 is 2.83 bits per heavy atom. The van der Waals surface area contributed by atoms with Crippen LogP contribution in [0.15, 0.2) is 15.9 Å². The summed E-state index contributed by atoms with van der Waals surface area (Å²) in [6.07, 6.45) is 1.23. The van der Waals surface area contributed by atoms with Crippen molar-refractivity contribution < 1.29 is 14.4 Å². The van der Waals surface area contributed by atoms with Gasteiger partial charge in [0.05, 0.1) is 11.4 Å². The van der Waals surface area contributed by atoms with Crippen LogP contribution < -0.4 is 0 Å². The number of aromatic carboxylic acids is 1. The van der Waals surface area contributed by atoms with Gasteiger partial charge in [0.25, 0.3) is 0 Å². The summed E-state index contributed by atoms with van der Waals surface area (Å²) in [5, 5.41) is 13.2. The van der Waals surface area contributed by atoms with Gasteiger partial charge in [-0.05, 0) is 13.8 Å². The highest BCUT2D eigenvalue weighted by Gasteiger charge is 2.17. The molecule has 2 rings (SSSR count). The van der Waals surface area contributed by atoms with Crippen LogP contribution in [-0.2, 0) is 5.75 Å². The number of carbonyl (C=O) groups is 1. The quantitative estimate of drug-likeness (QED) is 0.655. The zero-order valence-corrected chi connectivity index (χ0v) is 10.6. The number of aromatic nitrogens is 4. The van der Waals surface area contributed by atoms with Crippen LogP contribution in [-0.4, -0.2) is 31.2 Å². The lowest BCUT2D eigenvalue weighted by atomic mass is 10.2. The molecule has 94 valence electrons. The summed E-state index contributed by atoms with van der Waals surface area (Å²) >= 11 is 1.24. The SMILES string of the molecule is Cc1nc(C)c(C(=O)O)c(SCc2ncon2)n1. The largest absolute Gasteiger partial charge is 0.478 e. The number of aryl methyl sites for hydroxylation is 2. The lowest BCUT2D eigenvalue weighted by Gasteiger charge is -2.07. The van der Waals surface area contributed by atoms with E-state index in [1.165, 1.54) is 18.2 Å². The van der Waals surface area contributed by atoms with Crippen LogP contribution in [0.25, 0.3) is 0 Å². The Morgan fingerprint density at radius 2 is 2.22 bits per heavy atom. The first-order chi connectivity index (χ1) is 8.58. The highest BCUT2D eigenvalue weighted by molar-refractivity contribution is 7.98. The van der Waals surface area contributed by atoms with Gasteiger partial charge in [0.15, 0.2) is 5.82 Å². The number of hydrogen-bond acceptors (Lipinski definition) is 7. The molecule has 2 aromatic rings. The second kappa shape index (κ2) is 5.13. The highest BCUT2D eigenvalue weighted by Crippen LogP contribution is 2.25. The van der Waals surface area contributed by atoms with Gasteiger partial charge in [0, 0.05) is 0 Å². The van der Waals surface area contributed by atoms with Crippen molar-refractivity contribution in [3.8, 4) is 0 Å². The van der Waals surface area contributed by atoms with Gasteiger partial charge in [0.1, 0.15) is 16.4 Å². The molecular formula is C10H10N4O3S. The first-order valence-corrected chi connectivity index (χ1v) is 6.03. The third kappa shape index (κ3) is 2.65. The van der Waals surface area contributed by atoms with Gasteiger partial charge in [-0.1, -0.05) is 16.9 Å². The van der Waals surface area contributed by atoms with Crippen LogP contribution in [0.5, 0.6) is 0 Å². The van der Waals surface area contributed by atoms with Crippen LogP contribution in [0.1, 0.15) is 27.7 Å². The maximum atomic E-state index is 11.2. The van der Waals surface area contributed by atoms with E-state index >= 15 is 0 Å². The molecule has 2 aromatic heterocycles.